The first-order chi connectivity index (χ1) is 6.70. The molecule has 1 N–H and O–H groups in total. The Hall–Kier alpha value is -1.52. The first kappa shape index (κ1) is 10.6. The van der Waals surface area contributed by atoms with E-state index in [0.29, 0.717) is 0 Å². The molecule has 1 aromatic rings. The summed E-state index contributed by atoms with van der Waals surface area (Å²) in [5.41, 5.74) is 0.544. The largest absolute Gasteiger partial charge is 0.372 e. The van der Waals surface area contributed by atoms with Gasteiger partial charge in [-0.1, -0.05) is 5.92 Å². The van der Waals surface area contributed by atoms with Gasteiger partial charge in [0.15, 0.2) is 5.82 Å². The molecule has 0 bridgehead atoms. The van der Waals surface area contributed by atoms with Crippen LogP contribution in [0.25, 0.3) is 0 Å². The van der Waals surface area contributed by atoms with Crippen molar-refractivity contribution in [1.82, 2.24) is 0 Å². The van der Waals surface area contributed by atoms with E-state index in [9.17, 15) is 4.39 Å². The van der Waals surface area contributed by atoms with Crippen molar-refractivity contribution in [3.8, 4) is 18.4 Å². The van der Waals surface area contributed by atoms with Gasteiger partial charge in [-0.25, -0.2) is 4.39 Å². The molecule has 0 aliphatic rings. The molecular weight excluding hydrogens is 247 g/mol. The van der Waals surface area contributed by atoms with Crippen LogP contribution in [0.2, 0.25) is 0 Å². The Morgan fingerprint density at radius 1 is 1.57 bits per heavy atom. The number of rotatable bonds is 2. The highest BCUT2D eigenvalue weighted by Gasteiger charge is 2.09. The average Bonchev–Trinajstić information content (AvgIpc) is 2.20. The van der Waals surface area contributed by atoms with E-state index in [4.69, 9.17) is 11.7 Å². The molecule has 0 radical (unpaired) electrons. The number of terminal acetylenes is 1. The lowest BCUT2D eigenvalue weighted by Crippen LogP contribution is -2.01. The number of nitrogens with zero attached hydrogens (tertiary/aromatic N) is 1. The van der Waals surface area contributed by atoms with Crippen LogP contribution in [0.4, 0.5) is 10.1 Å². The average molecular weight is 253 g/mol. The van der Waals surface area contributed by atoms with Crippen molar-refractivity contribution in [2.45, 2.75) is 0 Å². The zero-order valence-electron chi connectivity index (χ0n) is 7.14. The summed E-state index contributed by atoms with van der Waals surface area (Å²) < 4.78 is 13.6. The van der Waals surface area contributed by atoms with Gasteiger partial charge in [0.05, 0.1) is 22.3 Å². The molecular formula is C10H6BrFN2. The maximum absolute atomic E-state index is 13.4. The first-order valence-electron chi connectivity index (χ1n) is 3.76. The van der Waals surface area contributed by atoms with Crippen LogP contribution in [0.3, 0.4) is 0 Å². The second kappa shape index (κ2) is 4.64. The Morgan fingerprint density at radius 2 is 2.29 bits per heavy atom. The molecule has 0 fully saturated rings. The van der Waals surface area contributed by atoms with Gasteiger partial charge < -0.3 is 5.32 Å². The van der Waals surface area contributed by atoms with Gasteiger partial charge in [0, 0.05) is 0 Å². The fourth-order valence-corrected chi connectivity index (χ4v) is 1.35. The standard InChI is InChI=1S/C10H6BrFN2/c1-2-5-14-8-4-3-7(6-13)9(11)10(8)12/h1,3-4,14H,5H2. The van der Waals surface area contributed by atoms with Crippen LogP contribution in [0.5, 0.6) is 0 Å². The lowest BCUT2D eigenvalue weighted by Gasteiger charge is -2.06. The van der Waals surface area contributed by atoms with Crippen molar-refractivity contribution in [3.05, 3.63) is 28.0 Å². The van der Waals surface area contributed by atoms with Crippen LogP contribution < -0.4 is 5.32 Å². The SMILES string of the molecule is C#CCNc1ccc(C#N)c(Br)c1F. The van der Waals surface area contributed by atoms with Gasteiger partial charge in [-0.15, -0.1) is 6.42 Å². The molecule has 0 amide bonds. The summed E-state index contributed by atoms with van der Waals surface area (Å²) in [6, 6.07) is 4.87. The van der Waals surface area contributed by atoms with Crippen LogP contribution in [0.1, 0.15) is 5.56 Å². The van der Waals surface area contributed by atoms with Crippen LogP contribution >= 0.6 is 15.9 Å². The van der Waals surface area contributed by atoms with E-state index in [-0.39, 0.29) is 22.3 Å². The molecule has 4 heteroatoms. The Labute approximate surface area is 89.9 Å². The molecule has 0 aliphatic heterocycles. The smallest absolute Gasteiger partial charge is 0.161 e. The van der Waals surface area contributed by atoms with Gasteiger partial charge in [0.1, 0.15) is 6.07 Å². The molecule has 70 valence electrons. The van der Waals surface area contributed by atoms with Crippen molar-refractivity contribution in [2.24, 2.45) is 0 Å². The molecule has 14 heavy (non-hydrogen) atoms. The van der Waals surface area contributed by atoms with Crippen LogP contribution in [-0.2, 0) is 0 Å². The Morgan fingerprint density at radius 3 is 2.86 bits per heavy atom. The van der Waals surface area contributed by atoms with Gasteiger partial charge in [-0.3, -0.25) is 0 Å². The van der Waals surface area contributed by atoms with Gasteiger partial charge in [-0.2, -0.15) is 5.26 Å². The highest BCUT2D eigenvalue weighted by Crippen LogP contribution is 2.26. The molecule has 0 spiro atoms. The highest BCUT2D eigenvalue weighted by atomic mass is 79.9. The molecule has 0 unspecified atom stereocenters. The van der Waals surface area contributed by atoms with Crippen LogP contribution in [0, 0.1) is 29.5 Å². The molecule has 0 atom stereocenters. The third-order valence-corrected chi connectivity index (χ3v) is 2.36. The number of hydrogen-bond acceptors (Lipinski definition) is 2. The van der Waals surface area contributed by atoms with Crippen molar-refractivity contribution in [2.75, 3.05) is 11.9 Å². The van der Waals surface area contributed by atoms with Crippen molar-refractivity contribution in [3.63, 3.8) is 0 Å². The summed E-state index contributed by atoms with van der Waals surface area (Å²) in [4.78, 5) is 0. The van der Waals surface area contributed by atoms with Crippen molar-refractivity contribution < 1.29 is 4.39 Å². The van der Waals surface area contributed by atoms with E-state index in [0.717, 1.165) is 0 Å². The minimum absolute atomic E-state index is 0.155. The lowest BCUT2D eigenvalue weighted by molar-refractivity contribution is 0.624. The summed E-state index contributed by atoms with van der Waals surface area (Å²) in [6.07, 6.45) is 5.02. The topological polar surface area (TPSA) is 35.8 Å². The fraction of sp³-hybridized carbons (Fsp3) is 0.100. The minimum atomic E-state index is -0.501. The molecule has 0 heterocycles. The van der Waals surface area contributed by atoms with E-state index >= 15 is 0 Å². The maximum atomic E-state index is 13.4. The first-order valence-corrected chi connectivity index (χ1v) is 4.55. The van der Waals surface area contributed by atoms with Crippen LogP contribution in [-0.4, -0.2) is 6.54 Å². The zero-order chi connectivity index (χ0) is 10.6. The Bertz CT molecular complexity index is 429. The number of halogens is 2. The van der Waals surface area contributed by atoms with E-state index in [1.165, 1.54) is 12.1 Å². The van der Waals surface area contributed by atoms with Crippen LogP contribution in [0.15, 0.2) is 16.6 Å². The predicted molar refractivity (Wildman–Crippen MR) is 56.1 cm³/mol. The number of hydrogen-bond donors (Lipinski definition) is 1. The number of anilines is 1. The van der Waals surface area contributed by atoms with Gasteiger partial charge >= 0.3 is 0 Å². The molecule has 0 aromatic heterocycles. The van der Waals surface area contributed by atoms with Gasteiger partial charge in [0.2, 0.25) is 0 Å². The van der Waals surface area contributed by atoms with E-state index < -0.39 is 5.82 Å². The fourth-order valence-electron chi connectivity index (χ4n) is 0.919. The summed E-state index contributed by atoms with van der Waals surface area (Å²) in [5, 5.41) is 11.3. The van der Waals surface area contributed by atoms with E-state index in [2.05, 4.69) is 27.2 Å². The van der Waals surface area contributed by atoms with E-state index in [1.807, 2.05) is 6.07 Å². The predicted octanol–water partition coefficient (Wildman–Crippen LogP) is 2.50. The lowest BCUT2D eigenvalue weighted by atomic mass is 10.2. The summed E-state index contributed by atoms with van der Waals surface area (Å²) >= 11 is 2.99. The molecule has 0 aliphatic carbocycles. The summed E-state index contributed by atoms with van der Waals surface area (Å²) in [7, 11) is 0. The molecule has 0 saturated carbocycles. The molecule has 0 saturated heterocycles. The quantitative estimate of drug-likeness (QED) is 0.822. The Kier molecular flexibility index (Phi) is 3.50. The Balaban J connectivity index is 3.07. The molecule has 2 nitrogen and oxygen atoms in total. The second-order valence-corrected chi connectivity index (χ2v) is 3.25. The second-order valence-electron chi connectivity index (χ2n) is 2.46. The monoisotopic (exact) mass is 252 g/mol. The van der Waals surface area contributed by atoms with E-state index in [1.54, 1.807) is 0 Å². The third kappa shape index (κ3) is 2.04. The third-order valence-electron chi connectivity index (χ3n) is 1.58. The summed E-state index contributed by atoms with van der Waals surface area (Å²) in [5.74, 6) is 1.83. The molecule has 1 rings (SSSR count). The van der Waals surface area contributed by atoms with Gasteiger partial charge in [-0.05, 0) is 28.1 Å². The summed E-state index contributed by atoms with van der Waals surface area (Å²) in [6.45, 7) is 0.245. The normalized spacial score (nSPS) is 8.86. The van der Waals surface area contributed by atoms with Crippen molar-refractivity contribution >= 4 is 21.6 Å². The molecule has 1 aromatic carbocycles. The number of benzene rings is 1. The number of nitriles is 1. The zero-order valence-corrected chi connectivity index (χ0v) is 8.73. The maximum Gasteiger partial charge on any atom is 0.161 e. The van der Waals surface area contributed by atoms with Gasteiger partial charge in [0.25, 0.3) is 0 Å². The minimum Gasteiger partial charge on any atom is -0.372 e. The number of nitrogens with one attached hydrogen (secondary N) is 1. The highest BCUT2D eigenvalue weighted by molar-refractivity contribution is 9.10. The van der Waals surface area contributed by atoms with Crippen molar-refractivity contribution in [1.29, 1.82) is 5.26 Å².